The van der Waals surface area contributed by atoms with Gasteiger partial charge in [0, 0.05) is 36.8 Å². The SMILES string of the molecule is O=C(NCC1(Cn2ccnc2)CC1)C1CC=CC1. The van der Waals surface area contributed by atoms with E-state index in [1.165, 1.54) is 12.8 Å². The molecule has 0 spiro atoms. The van der Waals surface area contributed by atoms with Gasteiger partial charge < -0.3 is 9.88 Å². The molecule has 2 aliphatic carbocycles. The normalized spacial score (nSPS) is 21.1. The summed E-state index contributed by atoms with van der Waals surface area (Å²) in [4.78, 5) is 16.0. The Morgan fingerprint density at radius 1 is 1.39 bits per heavy atom. The summed E-state index contributed by atoms with van der Waals surface area (Å²) in [6, 6.07) is 0. The van der Waals surface area contributed by atoms with Crippen LogP contribution in [0.4, 0.5) is 0 Å². The largest absolute Gasteiger partial charge is 0.355 e. The predicted molar refractivity (Wildman–Crippen MR) is 68.8 cm³/mol. The van der Waals surface area contributed by atoms with Crippen LogP contribution in [0.2, 0.25) is 0 Å². The molecule has 2 aliphatic rings. The summed E-state index contributed by atoms with van der Waals surface area (Å²) in [5, 5.41) is 3.13. The lowest BCUT2D eigenvalue weighted by molar-refractivity contribution is -0.124. The number of rotatable bonds is 5. The second-order valence-electron chi connectivity index (χ2n) is 5.59. The zero-order chi connectivity index (χ0) is 12.4. The fourth-order valence-corrected chi connectivity index (χ4v) is 2.59. The molecule has 1 aromatic rings. The van der Waals surface area contributed by atoms with Crippen molar-refractivity contribution in [3.8, 4) is 0 Å². The highest BCUT2D eigenvalue weighted by Gasteiger charge is 2.43. The standard InChI is InChI=1S/C14H19N3O/c18-13(12-3-1-2-4-12)16-9-14(5-6-14)10-17-8-7-15-11-17/h1-2,7-8,11-12H,3-6,9-10H2,(H,16,18). The van der Waals surface area contributed by atoms with Crippen molar-refractivity contribution in [2.75, 3.05) is 6.54 Å². The minimum atomic E-state index is 0.175. The van der Waals surface area contributed by atoms with E-state index >= 15 is 0 Å². The van der Waals surface area contributed by atoms with Gasteiger partial charge in [0.05, 0.1) is 6.33 Å². The third-order valence-electron chi connectivity index (χ3n) is 4.05. The van der Waals surface area contributed by atoms with Gasteiger partial charge in [0.15, 0.2) is 0 Å². The molecular formula is C14H19N3O. The van der Waals surface area contributed by atoms with E-state index in [1.807, 2.05) is 12.5 Å². The van der Waals surface area contributed by atoms with E-state index in [2.05, 4.69) is 27.0 Å². The van der Waals surface area contributed by atoms with Gasteiger partial charge >= 0.3 is 0 Å². The highest BCUT2D eigenvalue weighted by Crippen LogP contribution is 2.46. The highest BCUT2D eigenvalue weighted by molar-refractivity contribution is 5.79. The fraction of sp³-hybridized carbons (Fsp3) is 0.571. The zero-order valence-electron chi connectivity index (χ0n) is 10.5. The van der Waals surface area contributed by atoms with Crippen LogP contribution in [0.5, 0.6) is 0 Å². The van der Waals surface area contributed by atoms with Crippen molar-refractivity contribution in [1.29, 1.82) is 0 Å². The van der Waals surface area contributed by atoms with Crippen molar-refractivity contribution < 1.29 is 4.79 Å². The number of allylic oxidation sites excluding steroid dienone is 2. The topological polar surface area (TPSA) is 46.9 Å². The molecule has 0 radical (unpaired) electrons. The van der Waals surface area contributed by atoms with Crippen LogP contribution in [0.1, 0.15) is 25.7 Å². The first-order valence-corrected chi connectivity index (χ1v) is 6.66. The average Bonchev–Trinajstić information content (AvgIpc) is 2.84. The Morgan fingerprint density at radius 3 is 2.78 bits per heavy atom. The van der Waals surface area contributed by atoms with Crippen LogP contribution in [0.25, 0.3) is 0 Å². The molecule has 1 amide bonds. The number of imidazole rings is 1. The lowest BCUT2D eigenvalue weighted by atomic mass is 10.0. The first-order valence-electron chi connectivity index (χ1n) is 6.66. The average molecular weight is 245 g/mol. The molecule has 1 N–H and O–H groups in total. The fourth-order valence-electron chi connectivity index (χ4n) is 2.59. The van der Waals surface area contributed by atoms with E-state index in [1.54, 1.807) is 6.20 Å². The molecule has 1 aromatic heterocycles. The quantitative estimate of drug-likeness (QED) is 0.803. The number of amides is 1. The smallest absolute Gasteiger partial charge is 0.223 e. The Labute approximate surface area is 107 Å². The minimum absolute atomic E-state index is 0.175. The van der Waals surface area contributed by atoms with Gasteiger partial charge in [-0.1, -0.05) is 12.2 Å². The summed E-state index contributed by atoms with van der Waals surface area (Å²) in [5.41, 5.74) is 0.280. The van der Waals surface area contributed by atoms with E-state index in [-0.39, 0.29) is 17.2 Å². The van der Waals surface area contributed by atoms with Crippen molar-refractivity contribution in [1.82, 2.24) is 14.9 Å². The van der Waals surface area contributed by atoms with E-state index in [0.717, 1.165) is 25.9 Å². The van der Waals surface area contributed by atoms with Crippen LogP contribution in [0, 0.1) is 11.3 Å². The molecule has 0 atom stereocenters. The van der Waals surface area contributed by atoms with Gasteiger partial charge in [0.25, 0.3) is 0 Å². The number of nitrogens with one attached hydrogen (secondary N) is 1. The van der Waals surface area contributed by atoms with E-state index < -0.39 is 0 Å². The summed E-state index contributed by atoms with van der Waals surface area (Å²) in [6.07, 6.45) is 14.1. The molecule has 4 nitrogen and oxygen atoms in total. The molecule has 1 saturated carbocycles. The third-order valence-corrected chi connectivity index (χ3v) is 4.05. The van der Waals surface area contributed by atoms with Crippen molar-refractivity contribution in [3.63, 3.8) is 0 Å². The van der Waals surface area contributed by atoms with Crippen molar-refractivity contribution >= 4 is 5.91 Å². The molecule has 1 fully saturated rings. The Balaban J connectivity index is 1.49. The molecule has 0 bridgehead atoms. The number of carbonyl (C=O) groups excluding carboxylic acids is 1. The van der Waals surface area contributed by atoms with Crippen LogP contribution < -0.4 is 5.32 Å². The van der Waals surface area contributed by atoms with Gasteiger partial charge in [0.1, 0.15) is 0 Å². The lowest BCUT2D eigenvalue weighted by Gasteiger charge is -2.18. The van der Waals surface area contributed by atoms with E-state index in [9.17, 15) is 4.79 Å². The molecule has 96 valence electrons. The van der Waals surface area contributed by atoms with Crippen LogP contribution >= 0.6 is 0 Å². The molecule has 3 rings (SSSR count). The zero-order valence-corrected chi connectivity index (χ0v) is 10.5. The van der Waals surface area contributed by atoms with Crippen molar-refractivity contribution in [2.24, 2.45) is 11.3 Å². The molecular weight excluding hydrogens is 226 g/mol. The van der Waals surface area contributed by atoms with E-state index in [4.69, 9.17) is 0 Å². The molecule has 4 heteroatoms. The van der Waals surface area contributed by atoms with Crippen LogP contribution in [-0.2, 0) is 11.3 Å². The molecule has 0 unspecified atom stereocenters. The molecule has 0 aromatic carbocycles. The van der Waals surface area contributed by atoms with Crippen LogP contribution in [0.3, 0.4) is 0 Å². The summed E-state index contributed by atoms with van der Waals surface area (Å²) in [5.74, 6) is 0.394. The Bertz CT molecular complexity index is 438. The number of aromatic nitrogens is 2. The maximum Gasteiger partial charge on any atom is 0.223 e. The molecule has 0 aliphatic heterocycles. The second-order valence-corrected chi connectivity index (χ2v) is 5.59. The lowest BCUT2D eigenvalue weighted by Crippen LogP contribution is -2.35. The van der Waals surface area contributed by atoms with Gasteiger partial charge in [-0.25, -0.2) is 4.98 Å². The van der Waals surface area contributed by atoms with Gasteiger partial charge in [0.2, 0.25) is 5.91 Å². The van der Waals surface area contributed by atoms with Crippen LogP contribution in [-0.4, -0.2) is 22.0 Å². The van der Waals surface area contributed by atoms with Gasteiger partial charge in [-0.2, -0.15) is 0 Å². The van der Waals surface area contributed by atoms with E-state index in [0.29, 0.717) is 0 Å². The van der Waals surface area contributed by atoms with Crippen molar-refractivity contribution in [3.05, 3.63) is 30.9 Å². The molecule has 18 heavy (non-hydrogen) atoms. The maximum atomic E-state index is 12.0. The second kappa shape index (κ2) is 4.59. The van der Waals surface area contributed by atoms with Gasteiger partial charge in [-0.15, -0.1) is 0 Å². The number of hydrogen-bond donors (Lipinski definition) is 1. The monoisotopic (exact) mass is 245 g/mol. The summed E-state index contributed by atoms with van der Waals surface area (Å²) in [6.45, 7) is 1.77. The summed E-state index contributed by atoms with van der Waals surface area (Å²) >= 11 is 0. The maximum absolute atomic E-state index is 12.0. The highest BCUT2D eigenvalue weighted by atomic mass is 16.1. The third kappa shape index (κ3) is 2.47. The number of carbonyl (C=O) groups is 1. The molecule has 0 saturated heterocycles. The van der Waals surface area contributed by atoms with Crippen molar-refractivity contribution in [2.45, 2.75) is 32.2 Å². The molecule has 1 heterocycles. The van der Waals surface area contributed by atoms with Gasteiger partial charge in [-0.05, 0) is 25.7 Å². The number of nitrogens with zero attached hydrogens (tertiary/aromatic N) is 2. The van der Waals surface area contributed by atoms with Gasteiger partial charge in [-0.3, -0.25) is 4.79 Å². The minimum Gasteiger partial charge on any atom is -0.355 e. The number of hydrogen-bond acceptors (Lipinski definition) is 2. The Kier molecular flexibility index (Phi) is 2.94. The Morgan fingerprint density at radius 2 is 2.17 bits per heavy atom. The predicted octanol–water partition coefficient (Wildman–Crippen LogP) is 1.75. The Hall–Kier alpha value is -1.58. The first kappa shape index (κ1) is 11.5. The summed E-state index contributed by atoms with van der Waals surface area (Å²) in [7, 11) is 0. The van der Waals surface area contributed by atoms with Crippen LogP contribution in [0.15, 0.2) is 30.9 Å². The summed E-state index contributed by atoms with van der Waals surface area (Å²) < 4.78 is 2.11. The first-order chi connectivity index (χ1) is 8.77.